The van der Waals surface area contributed by atoms with Gasteiger partial charge in [-0.2, -0.15) is 0 Å². The lowest BCUT2D eigenvalue weighted by atomic mass is 10.00. The van der Waals surface area contributed by atoms with Crippen LogP contribution in [0.5, 0.6) is 0 Å². The molecule has 1 N–H and O–H groups in total. The van der Waals surface area contributed by atoms with E-state index in [2.05, 4.69) is 4.90 Å². The number of ether oxygens (including phenoxy) is 1. The zero-order valence-corrected chi connectivity index (χ0v) is 17.3. The number of hydrogen-bond acceptors (Lipinski definition) is 6. The van der Waals surface area contributed by atoms with E-state index >= 15 is 0 Å². The van der Waals surface area contributed by atoms with Gasteiger partial charge in [0.25, 0.3) is 11.7 Å². The van der Waals surface area contributed by atoms with E-state index in [4.69, 9.17) is 16.3 Å². The number of carbonyl (C=O) groups is 2. The zero-order chi connectivity index (χ0) is 20.4. The average Bonchev–Trinajstić information content (AvgIpc) is 3.35. The first-order valence-electron chi connectivity index (χ1n) is 9.44. The number of amides is 1. The van der Waals surface area contributed by atoms with Crippen LogP contribution < -0.4 is 0 Å². The molecule has 0 saturated carbocycles. The van der Waals surface area contributed by atoms with Gasteiger partial charge in [-0.3, -0.25) is 14.5 Å². The fraction of sp³-hybridized carbons (Fsp3) is 0.333. The second-order valence-corrected chi connectivity index (χ2v) is 8.38. The molecule has 1 aromatic heterocycles. The summed E-state index contributed by atoms with van der Waals surface area (Å²) in [4.78, 5) is 30.4. The van der Waals surface area contributed by atoms with Gasteiger partial charge in [0.2, 0.25) is 0 Å². The number of thiophene rings is 1. The maximum absolute atomic E-state index is 12.9. The van der Waals surface area contributed by atoms with E-state index in [0.29, 0.717) is 36.9 Å². The molecule has 29 heavy (non-hydrogen) atoms. The molecular formula is C21H21ClN2O4S. The van der Waals surface area contributed by atoms with Gasteiger partial charge in [0.15, 0.2) is 0 Å². The third kappa shape index (κ3) is 4.09. The van der Waals surface area contributed by atoms with Crippen molar-refractivity contribution in [2.45, 2.75) is 6.04 Å². The van der Waals surface area contributed by atoms with Crippen molar-refractivity contribution >= 4 is 40.4 Å². The number of ketones is 1. The van der Waals surface area contributed by atoms with Crippen molar-refractivity contribution in [2.75, 3.05) is 39.4 Å². The number of benzene rings is 1. The van der Waals surface area contributed by atoms with Crippen LogP contribution in [0.1, 0.15) is 16.5 Å². The van der Waals surface area contributed by atoms with Gasteiger partial charge >= 0.3 is 0 Å². The van der Waals surface area contributed by atoms with Crippen molar-refractivity contribution in [1.29, 1.82) is 0 Å². The summed E-state index contributed by atoms with van der Waals surface area (Å²) in [5, 5.41) is 13.4. The van der Waals surface area contributed by atoms with Crippen molar-refractivity contribution in [3.05, 3.63) is 62.8 Å². The number of aliphatic hydroxyl groups excluding tert-OH is 1. The van der Waals surface area contributed by atoms with E-state index in [1.54, 1.807) is 29.2 Å². The Morgan fingerprint density at radius 1 is 1.14 bits per heavy atom. The predicted molar refractivity (Wildman–Crippen MR) is 112 cm³/mol. The van der Waals surface area contributed by atoms with Crippen LogP contribution in [-0.2, 0) is 14.3 Å². The van der Waals surface area contributed by atoms with Gasteiger partial charge in [-0.05, 0) is 35.7 Å². The summed E-state index contributed by atoms with van der Waals surface area (Å²) in [5.41, 5.74) is 0.587. The van der Waals surface area contributed by atoms with Crippen molar-refractivity contribution < 1.29 is 19.4 Å². The average molecular weight is 433 g/mol. The number of likely N-dealkylation sites (tertiary alicyclic amines) is 1. The quantitative estimate of drug-likeness (QED) is 0.446. The Morgan fingerprint density at radius 2 is 1.86 bits per heavy atom. The van der Waals surface area contributed by atoms with Crippen LogP contribution in [0.4, 0.5) is 0 Å². The summed E-state index contributed by atoms with van der Waals surface area (Å²) >= 11 is 7.40. The van der Waals surface area contributed by atoms with Crippen LogP contribution in [-0.4, -0.2) is 66.0 Å². The number of morpholine rings is 1. The largest absolute Gasteiger partial charge is 0.507 e. The number of aliphatic hydroxyl groups is 1. The third-order valence-electron chi connectivity index (χ3n) is 5.23. The van der Waals surface area contributed by atoms with Crippen LogP contribution in [0.2, 0.25) is 5.02 Å². The molecule has 1 amide bonds. The maximum Gasteiger partial charge on any atom is 0.295 e. The predicted octanol–water partition coefficient (Wildman–Crippen LogP) is 3.16. The zero-order valence-electron chi connectivity index (χ0n) is 15.7. The van der Waals surface area contributed by atoms with Gasteiger partial charge in [-0.25, -0.2) is 0 Å². The Labute approximate surface area is 177 Å². The highest BCUT2D eigenvalue weighted by Gasteiger charge is 2.46. The lowest BCUT2D eigenvalue weighted by Gasteiger charge is -2.30. The van der Waals surface area contributed by atoms with Gasteiger partial charge in [-0.1, -0.05) is 17.7 Å². The van der Waals surface area contributed by atoms with Crippen molar-refractivity contribution in [1.82, 2.24) is 9.80 Å². The van der Waals surface area contributed by atoms with Gasteiger partial charge in [0.05, 0.1) is 24.8 Å². The molecule has 152 valence electrons. The Balaban J connectivity index is 1.68. The van der Waals surface area contributed by atoms with Gasteiger partial charge in [0.1, 0.15) is 5.76 Å². The highest BCUT2D eigenvalue weighted by molar-refractivity contribution is 7.10. The molecule has 2 saturated heterocycles. The summed E-state index contributed by atoms with van der Waals surface area (Å²) in [6.45, 7) is 4.01. The van der Waals surface area contributed by atoms with Crippen LogP contribution >= 0.6 is 22.9 Å². The maximum atomic E-state index is 12.9. The molecule has 0 spiro atoms. The Hall–Kier alpha value is -2.19. The lowest BCUT2D eigenvalue weighted by Crippen LogP contribution is -2.42. The lowest BCUT2D eigenvalue weighted by molar-refractivity contribution is -0.140. The molecule has 2 aliphatic heterocycles. The monoisotopic (exact) mass is 432 g/mol. The normalized spacial score (nSPS) is 22.4. The first-order chi connectivity index (χ1) is 14.1. The van der Waals surface area contributed by atoms with Crippen molar-refractivity contribution in [2.24, 2.45) is 0 Å². The van der Waals surface area contributed by atoms with E-state index in [1.165, 1.54) is 11.3 Å². The number of hydrogen-bond donors (Lipinski definition) is 1. The van der Waals surface area contributed by atoms with Crippen molar-refractivity contribution in [3.63, 3.8) is 0 Å². The first kappa shape index (κ1) is 20.1. The minimum Gasteiger partial charge on any atom is -0.507 e. The summed E-state index contributed by atoms with van der Waals surface area (Å²) in [6.07, 6.45) is 0. The molecule has 0 radical (unpaired) electrons. The smallest absolute Gasteiger partial charge is 0.295 e. The number of nitrogens with zero attached hydrogens (tertiary/aromatic N) is 2. The molecule has 1 atom stereocenters. The molecule has 2 aromatic rings. The highest BCUT2D eigenvalue weighted by atomic mass is 35.5. The van der Waals surface area contributed by atoms with Crippen LogP contribution in [0.15, 0.2) is 47.4 Å². The fourth-order valence-electron chi connectivity index (χ4n) is 3.69. The van der Waals surface area contributed by atoms with E-state index in [-0.39, 0.29) is 11.3 Å². The fourth-order valence-corrected chi connectivity index (χ4v) is 4.66. The summed E-state index contributed by atoms with van der Waals surface area (Å²) in [5.74, 6) is -1.41. The topological polar surface area (TPSA) is 70.1 Å². The van der Waals surface area contributed by atoms with Gasteiger partial charge < -0.3 is 14.7 Å². The van der Waals surface area contributed by atoms with Crippen LogP contribution in [0, 0.1) is 0 Å². The number of halogens is 1. The highest BCUT2D eigenvalue weighted by Crippen LogP contribution is 2.41. The standard InChI is InChI=1S/C21H21ClN2O4S/c22-15-5-3-14(4-6-15)19(25)17-18(16-2-1-13-29-16)24(21(27)20(17)26)8-7-23-9-11-28-12-10-23/h1-6,13,18,25H,7-12H2/b19-17-. The molecule has 3 heterocycles. The Morgan fingerprint density at radius 3 is 2.52 bits per heavy atom. The van der Waals surface area contributed by atoms with E-state index in [1.807, 2.05) is 17.5 Å². The molecule has 0 bridgehead atoms. The van der Waals surface area contributed by atoms with E-state index < -0.39 is 17.7 Å². The van der Waals surface area contributed by atoms with Crippen LogP contribution in [0.3, 0.4) is 0 Å². The van der Waals surface area contributed by atoms with Gasteiger partial charge in [0, 0.05) is 41.6 Å². The Bertz CT molecular complexity index is 921. The molecule has 4 rings (SSSR count). The SMILES string of the molecule is O=C1C(=O)N(CCN2CCOCC2)C(c2cccs2)/C1=C(/O)c1ccc(Cl)cc1. The molecule has 2 aliphatic rings. The van der Waals surface area contributed by atoms with E-state index in [0.717, 1.165) is 18.0 Å². The molecular weight excluding hydrogens is 412 g/mol. The third-order valence-corrected chi connectivity index (χ3v) is 6.41. The minimum absolute atomic E-state index is 0.127. The Kier molecular flexibility index (Phi) is 6.01. The summed E-state index contributed by atoms with van der Waals surface area (Å²) < 4.78 is 5.37. The first-order valence-corrected chi connectivity index (χ1v) is 10.7. The van der Waals surface area contributed by atoms with E-state index in [9.17, 15) is 14.7 Å². The minimum atomic E-state index is -0.655. The number of rotatable bonds is 5. The second-order valence-electron chi connectivity index (χ2n) is 6.97. The molecule has 1 aromatic carbocycles. The molecule has 1 unspecified atom stereocenters. The summed E-state index contributed by atoms with van der Waals surface area (Å²) in [6, 6.07) is 9.75. The molecule has 0 aliphatic carbocycles. The van der Waals surface area contributed by atoms with Gasteiger partial charge in [-0.15, -0.1) is 11.3 Å². The number of Topliss-reactive ketones (excluding diaryl/α,β-unsaturated/α-hetero) is 1. The second kappa shape index (κ2) is 8.67. The van der Waals surface area contributed by atoms with Crippen LogP contribution in [0.25, 0.3) is 5.76 Å². The molecule has 2 fully saturated rings. The molecule has 8 heteroatoms. The summed E-state index contributed by atoms with van der Waals surface area (Å²) in [7, 11) is 0. The van der Waals surface area contributed by atoms with Crippen molar-refractivity contribution in [3.8, 4) is 0 Å². The number of carbonyl (C=O) groups excluding carboxylic acids is 2. The molecule has 6 nitrogen and oxygen atoms in total.